The van der Waals surface area contributed by atoms with Gasteiger partial charge < -0.3 is 10.1 Å². The van der Waals surface area contributed by atoms with Crippen molar-refractivity contribution in [3.8, 4) is 0 Å². The van der Waals surface area contributed by atoms with Gasteiger partial charge in [-0.05, 0) is 57.2 Å². The van der Waals surface area contributed by atoms with Crippen molar-refractivity contribution in [1.82, 2.24) is 5.32 Å². The summed E-state index contributed by atoms with van der Waals surface area (Å²) in [5.41, 5.74) is 1.37. The van der Waals surface area contributed by atoms with Gasteiger partial charge in [-0.15, -0.1) is 11.3 Å². The highest BCUT2D eigenvalue weighted by atomic mass is 32.1. The second kappa shape index (κ2) is 6.53. The van der Waals surface area contributed by atoms with E-state index in [2.05, 4.69) is 44.5 Å². The third-order valence-corrected chi connectivity index (χ3v) is 4.39. The first-order valence-corrected chi connectivity index (χ1v) is 7.20. The maximum absolute atomic E-state index is 5.49. The average Bonchev–Trinajstić information content (AvgIpc) is 2.71. The zero-order valence-electron chi connectivity index (χ0n) is 11.7. The standard InChI is InChI=1S/C14H25NOS/c1-6-15-12(7-9-14(3,4)16-5)13-11(2)8-10-17-13/h8,10,12,15H,6-7,9H2,1-5H3. The van der Waals surface area contributed by atoms with Crippen molar-refractivity contribution in [3.05, 3.63) is 21.9 Å². The number of thiophene rings is 1. The quantitative estimate of drug-likeness (QED) is 0.797. The smallest absolute Gasteiger partial charge is 0.0623 e. The van der Waals surface area contributed by atoms with E-state index < -0.39 is 0 Å². The van der Waals surface area contributed by atoms with Crippen molar-refractivity contribution in [2.45, 2.75) is 52.2 Å². The molecule has 0 aromatic carbocycles. The molecule has 3 heteroatoms. The first-order chi connectivity index (χ1) is 8.00. The molecule has 1 N–H and O–H groups in total. The summed E-state index contributed by atoms with van der Waals surface area (Å²) in [5, 5.41) is 5.75. The molecule has 0 aliphatic carbocycles. The van der Waals surface area contributed by atoms with Gasteiger partial charge in [-0.3, -0.25) is 0 Å². The lowest BCUT2D eigenvalue weighted by atomic mass is 9.97. The van der Waals surface area contributed by atoms with Crippen LogP contribution in [-0.4, -0.2) is 19.3 Å². The molecule has 1 aromatic rings. The van der Waals surface area contributed by atoms with E-state index in [0.29, 0.717) is 6.04 Å². The maximum Gasteiger partial charge on any atom is 0.0623 e. The van der Waals surface area contributed by atoms with Gasteiger partial charge in [-0.2, -0.15) is 0 Å². The lowest BCUT2D eigenvalue weighted by molar-refractivity contribution is 0.0117. The largest absolute Gasteiger partial charge is 0.379 e. The van der Waals surface area contributed by atoms with Gasteiger partial charge in [0.05, 0.1) is 5.60 Å². The van der Waals surface area contributed by atoms with Gasteiger partial charge in [0, 0.05) is 18.0 Å². The van der Waals surface area contributed by atoms with Crippen molar-refractivity contribution in [2.24, 2.45) is 0 Å². The molecule has 0 spiro atoms. The highest BCUT2D eigenvalue weighted by molar-refractivity contribution is 7.10. The second-order valence-corrected chi connectivity index (χ2v) is 6.03. The summed E-state index contributed by atoms with van der Waals surface area (Å²) in [5.74, 6) is 0. The van der Waals surface area contributed by atoms with Crippen molar-refractivity contribution in [3.63, 3.8) is 0 Å². The molecule has 1 atom stereocenters. The van der Waals surface area contributed by atoms with E-state index in [9.17, 15) is 0 Å². The van der Waals surface area contributed by atoms with Crippen LogP contribution in [0, 0.1) is 6.92 Å². The average molecular weight is 255 g/mol. The van der Waals surface area contributed by atoms with Crippen LogP contribution in [0.15, 0.2) is 11.4 Å². The second-order valence-electron chi connectivity index (χ2n) is 5.08. The summed E-state index contributed by atoms with van der Waals surface area (Å²) in [4.78, 5) is 1.47. The topological polar surface area (TPSA) is 21.3 Å². The highest BCUT2D eigenvalue weighted by Crippen LogP contribution is 2.29. The number of hydrogen-bond acceptors (Lipinski definition) is 3. The van der Waals surface area contributed by atoms with E-state index in [1.165, 1.54) is 10.4 Å². The van der Waals surface area contributed by atoms with Crippen molar-refractivity contribution < 1.29 is 4.74 Å². The molecule has 0 saturated carbocycles. The third-order valence-electron chi connectivity index (χ3n) is 3.26. The number of rotatable bonds is 7. The van der Waals surface area contributed by atoms with Crippen LogP contribution >= 0.6 is 11.3 Å². The lowest BCUT2D eigenvalue weighted by Gasteiger charge is -2.26. The summed E-state index contributed by atoms with van der Waals surface area (Å²) in [7, 11) is 1.79. The van der Waals surface area contributed by atoms with Crippen LogP contribution in [0.5, 0.6) is 0 Å². The Hall–Kier alpha value is -0.380. The molecule has 0 bridgehead atoms. The zero-order valence-corrected chi connectivity index (χ0v) is 12.5. The van der Waals surface area contributed by atoms with E-state index in [4.69, 9.17) is 4.74 Å². The van der Waals surface area contributed by atoms with Gasteiger partial charge in [0.2, 0.25) is 0 Å². The predicted octanol–water partition coefficient (Wildman–Crippen LogP) is 3.91. The zero-order chi connectivity index (χ0) is 12.9. The van der Waals surface area contributed by atoms with Crippen LogP contribution in [0.4, 0.5) is 0 Å². The Morgan fingerprint density at radius 3 is 2.65 bits per heavy atom. The Morgan fingerprint density at radius 2 is 2.18 bits per heavy atom. The minimum Gasteiger partial charge on any atom is -0.379 e. The summed E-state index contributed by atoms with van der Waals surface area (Å²) >= 11 is 1.85. The molecule has 17 heavy (non-hydrogen) atoms. The molecule has 0 aliphatic heterocycles. The van der Waals surface area contributed by atoms with E-state index in [1.54, 1.807) is 7.11 Å². The summed E-state index contributed by atoms with van der Waals surface area (Å²) in [6.07, 6.45) is 2.19. The van der Waals surface area contributed by atoms with Crippen molar-refractivity contribution in [2.75, 3.05) is 13.7 Å². The fourth-order valence-corrected chi connectivity index (χ4v) is 2.95. The summed E-state index contributed by atoms with van der Waals surface area (Å²) < 4.78 is 5.49. The van der Waals surface area contributed by atoms with Crippen LogP contribution in [0.2, 0.25) is 0 Å². The predicted molar refractivity (Wildman–Crippen MR) is 75.8 cm³/mol. The minimum atomic E-state index is -0.0289. The van der Waals surface area contributed by atoms with E-state index >= 15 is 0 Å². The van der Waals surface area contributed by atoms with Gasteiger partial charge in [-0.1, -0.05) is 6.92 Å². The van der Waals surface area contributed by atoms with E-state index in [1.807, 2.05) is 11.3 Å². The molecule has 0 radical (unpaired) electrons. The summed E-state index contributed by atoms with van der Waals surface area (Å²) in [6.45, 7) is 9.67. The molecule has 1 heterocycles. The maximum atomic E-state index is 5.49. The summed E-state index contributed by atoms with van der Waals surface area (Å²) in [6, 6.07) is 2.67. The Kier molecular flexibility index (Phi) is 5.63. The van der Waals surface area contributed by atoms with Gasteiger partial charge in [0.1, 0.15) is 0 Å². The molecule has 1 aromatic heterocycles. The molecule has 0 aliphatic rings. The lowest BCUT2D eigenvalue weighted by Crippen LogP contribution is -2.27. The number of nitrogens with one attached hydrogen (secondary N) is 1. The van der Waals surface area contributed by atoms with Gasteiger partial charge in [0.15, 0.2) is 0 Å². The Labute approximate surface area is 109 Å². The first kappa shape index (κ1) is 14.7. The van der Waals surface area contributed by atoms with Gasteiger partial charge in [0.25, 0.3) is 0 Å². The monoisotopic (exact) mass is 255 g/mol. The molecule has 98 valence electrons. The van der Waals surface area contributed by atoms with Crippen LogP contribution < -0.4 is 5.32 Å². The van der Waals surface area contributed by atoms with E-state index in [-0.39, 0.29) is 5.60 Å². The molecule has 0 saturated heterocycles. The number of methoxy groups -OCH3 is 1. The third kappa shape index (κ3) is 4.41. The minimum absolute atomic E-state index is 0.0289. The Bertz CT molecular complexity index is 333. The first-order valence-electron chi connectivity index (χ1n) is 6.32. The fraction of sp³-hybridized carbons (Fsp3) is 0.714. The Morgan fingerprint density at radius 1 is 1.47 bits per heavy atom. The van der Waals surface area contributed by atoms with Crippen LogP contribution in [0.25, 0.3) is 0 Å². The number of ether oxygens (including phenoxy) is 1. The molecular weight excluding hydrogens is 230 g/mol. The highest BCUT2D eigenvalue weighted by Gasteiger charge is 2.21. The number of hydrogen-bond donors (Lipinski definition) is 1. The molecule has 0 fully saturated rings. The van der Waals surface area contributed by atoms with Crippen molar-refractivity contribution >= 4 is 11.3 Å². The number of aryl methyl sites for hydroxylation is 1. The Balaban J connectivity index is 2.65. The SMILES string of the molecule is CCNC(CCC(C)(C)OC)c1sccc1C. The van der Waals surface area contributed by atoms with E-state index in [0.717, 1.165) is 19.4 Å². The molecule has 1 unspecified atom stereocenters. The normalized spacial score (nSPS) is 13.9. The fourth-order valence-electron chi connectivity index (χ4n) is 1.91. The van der Waals surface area contributed by atoms with Gasteiger partial charge in [-0.25, -0.2) is 0 Å². The molecule has 0 amide bonds. The van der Waals surface area contributed by atoms with Crippen LogP contribution in [-0.2, 0) is 4.74 Å². The van der Waals surface area contributed by atoms with Crippen LogP contribution in [0.3, 0.4) is 0 Å². The van der Waals surface area contributed by atoms with Gasteiger partial charge >= 0.3 is 0 Å². The molecule has 2 nitrogen and oxygen atoms in total. The molecule has 1 rings (SSSR count). The molecular formula is C14H25NOS. The van der Waals surface area contributed by atoms with Crippen molar-refractivity contribution in [1.29, 1.82) is 0 Å². The van der Waals surface area contributed by atoms with Crippen LogP contribution in [0.1, 0.15) is 50.1 Å².